The maximum Gasteiger partial charge on any atom is 0.212 e. The van der Waals surface area contributed by atoms with E-state index in [1.165, 1.54) is 57.8 Å². The van der Waals surface area contributed by atoms with Gasteiger partial charge in [-0.3, -0.25) is 4.79 Å². The molecule has 0 aromatic rings. The molecule has 1 aliphatic carbocycles. The average Bonchev–Trinajstić information content (AvgIpc) is 2.80. The smallest absolute Gasteiger partial charge is 0.212 e. The van der Waals surface area contributed by atoms with E-state index < -0.39 is 0 Å². The van der Waals surface area contributed by atoms with Gasteiger partial charge >= 0.3 is 0 Å². The third kappa shape index (κ3) is 7.64. The molecule has 1 nitrogen and oxygen atoms in total. The lowest BCUT2D eigenvalue weighted by Gasteiger charge is -2.03. The Morgan fingerprint density at radius 2 is 1.88 bits per heavy atom. The Labute approximate surface area is 110 Å². The molecule has 0 spiro atoms. The van der Waals surface area contributed by atoms with Crippen LogP contribution in [0.1, 0.15) is 71.1 Å². The molecule has 0 aromatic heterocycles. The van der Waals surface area contributed by atoms with Crippen LogP contribution >= 0.6 is 11.8 Å². The Balaban J connectivity index is 1.97. The van der Waals surface area contributed by atoms with E-state index in [9.17, 15) is 4.79 Å². The summed E-state index contributed by atoms with van der Waals surface area (Å²) in [5, 5.41) is 0.877. The Hall–Kier alpha value is -0.240. The fourth-order valence-corrected chi connectivity index (χ4v) is 3.33. The quantitative estimate of drug-likeness (QED) is 0.442. The van der Waals surface area contributed by atoms with Gasteiger partial charge in [-0.15, -0.1) is 0 Å². The second-order valence-corrected chi connectivity index (χ2v) is 6.25. The molecular weight excluding hydrogens is 228 g/mol. The summed E-state index contributed by atoms with van der Waals surface area (Å²) in [6.07, 6.45) is 16.6. The summed E-state index contributed by atoms with van der Waals surface area (Å²) in [7, 11) is 0. The first-order valence-corrected chi connectivity index (χ1v) is 8.08. The third-order valence-corrected chi connectivity index (χ3v) is 4.49. The second kappa shape index (κ2) is 9.76. The van der Waals surface area contributed by atoms with Crippen LogP contribution in [0.2, 0.25) is 0 Å². The maximum atomic E-state index is 11.6. The third-order valence-electron chi connectivity index (χ3n) is 3.31. The van der Waals surface area contributed by atoms with E-state index in [-0.39, 0.29) is 5.12 Å². The second-order valence-electron chi connectivity index (χ2n) is 4.95. The minimum absolute atomic E-state index is 0.269. The topological polar surface area (TPSA) is 17.1 Å². The highest BCUT2D eigenvalue weighted by Crippen LogP contribution is 2.29. The normalized spacial score (nSPS) is 17.0. The van der Waals surface area contributed by atoms with Gasteiger partial charge in [0.1, 0.15) is 0 Å². The van der Waals surface area contributed by atoms with Gasteiger partial charge in [0.05, 0.1) is 0 Å². The van der Waals surface area contributed by atoms with E-state index in [4.69, 9.17) is 0 Å². The van der Waals surface area contributed by atoms with Gasteiger partial charge in [-0.05, 0) is 31.8 Å². The fraction of sp³-hybridized carbons (Fsp3) is 0.800. The van der Waals surface area contributed by atoms with Crippen molar-refractivity contribution in [3.63, 3.8) is 0 Å². The van der Waals surface area contributed by atoms with E-state index >= 15 is 0 Å². The van der Waals surface area contributed by atoms with Crippen LogP contribution in [0.5, 0.6) is 0 Å². The van der Waals surface area contributed by atoms with Gasteiger partial charge in [-0.2, -0.15) is 0 Å². The van der Waals surface area contributed by atoms with Gasteiger partial charge in [0.15, 0.2) is 0 Å². The molecular formula is C15H26OS. The summed E-state index contributed by atoms with van der Waals surface area (Å²) < 4.78 is 0. The highest BCUT2D eigenvalue weighted by molar-refractivity contribution is 8.14. The lowest BCUT2D eigenvalue weighted by molar-refractivity contribution is -0.107. The summed E-state index contributed by atoms with van der Waals surface area (Å²) in [6.45, 7) is 2.23. The molecule has 1 aliphatic rings. The molecule has 1 saturated carbocycles. The largest absolute Gasteiger partial charge is 0.282 e. The van der Waals surface area contributed by atoms with Crippen LogP contribution in [0.4, 0.5) is 0 Å². The molecule has 0 atom stereocenters. The minimum Gasteiger partial charge on any atom is -0.282 e. The van der Waals surface area contributed by atoms with Crippen molar-refractivity contribution in [2.75, 3.05) is 0 Å². The first-order valence-electron chi connectivity index (χ1n) is 7.20. The highest BCUT2D eigenvalue weighted by atomic mass is 32.2. The number of carbonyl (C=O) groups excluding carboxylic acids is 1. The van der Waals surface area contributed by atoms with Gasteiger partial charge in [0.2, 0.25) is 5.12 Å². The molecule has 0 bridgehead atoms. The van der Waals surface area contributed by atoms with Gasteiger partial charge in [0.25, 0.3) is 0 Å². The number of unbranched alkanes of at least 4 members (excludes halogenated alkanes) is 5. The van der Waals surface area contributed by atoms with E-state index in [2.05, 4.69) is 13.0 Å². The van der Waals surface area contributed by atoms with Crippen molar-refractivity contribution in [3.05, 3.63) is 12.2 Å². The average molecular weight is 254 g/mol. The zero-order valence-electron chi connectivity index (χ0n) is 11.1. The van der Waals surface area contributed by atoms with E-state index in [0.29, 0.717) is 5.25 Å². The lowest BCUT2D eigenvalue weighted by atomic mass is 10.1. The van der Waals surface area contributed by atoms with E-state index in [0.717, 1.165) is 6.42 Å². The van der Waals surface area contributed by atoms with Crippen molar-refractivity contribution in [3.8, 4) is 0 Å². The molecule has 0 N–H and O–H groups in total. The SMILES string of the molecule is CCCCCCCC=CC(=O)SC1CCCC1. The monoisotopic (exact) mass is 254 g/mol. The summed E-state index contributed by atoms with van der Waals surface area (Å²) >= 11 is 1.55. The Bertz CT molecular complexity index is 229. The van der Waals surface area contributed by atoms with Gasteiger partial charge in [-0.25, -0.2) is 0 Å². The molecule has 0 aromatic carbocycles. The van der Waals surface area contributed by atoms with Crippen molar-refractivity contribution < 1.29 is 4.79 Å². The van der Waals surface area contributed by atoms with Crippen LogP contribution in [0, 0.1) is 0 Å². The van der Waals surface area contributed by atoms with Crippen LogP contribution in [-0.2, 0) is 4.79 Å². The molecule has 17 heavy (non-hydrogen) atoms. The molecule has 0 amide bonds. The Morgan fingerprint density at radius 1 is 1.18 bits per heavy atom. The van der Waals surface area contributed by atoms with Crippen LogP contribution < -0.4 is 0 Å². The molecule has 1 rings (SSSR count). The number of carbonyl (C=O) groups is 1. The molecule has 0 heterocycles. The molecule has 0 aliphatic heterocycles. The maximum absolute atomic E-state index is 11.6. The van der Waals surface area contributed by atoms with E-state index in [1.54, 1.807) is 17.8 Å². The number of thioether (sulfide) groups is 1. The summed E-state index contributed by atoms with van der Waals surface area (Å²) in [6, 6.07) is 0. The van der Waals surface area contributed by atoms with Crippen molar-refractivity contribution >= 4 is 16.9 Å². The van der Waals surface area contributed by atoms with E-state index in [1.807, 2.05) is 0 Å². The van der Waals surface area contributed by atoms with Crippen LogP contribution in [0.3, 0.4) is 0 Å². The summed E-state index contributed by atoms with van der Waals surface area (Å²) in [4.78, 5) is 11.6. The number of hydrogen-bond acceptors (Lipinski definition) is 2. The number of rotatable bonds is 8. The van der Waals surface area contributed by atoms with Gasteiger partial charge < -0.3 is 0 Å². The van der Waals surface area contributed by atoms with Crippen LogP contribution in [0.15, 0.2) is 12.2 Å². The minimum atomic E-state index is 0.269. The zero-order chi connectivity index (χ0) is 12.3. The Kier molecular flexibility index (Phi) is 8.50. The highest BCUT2D eigenvalue weighted by Gasteiger charge is 2.17. The predicted molar refractivity (Wildman–Crippen MR) is 77.4 cm³/mol. The van der Waals surface area contributed by atoms with Crippen molar-refractivity contribution in [1.29, 1.82) is 0 Å². The molecule has 0 unspecified atom stereocenters. The van der Waals surface area contributed by atoms with Crippen molar-refractivity contribution in [1.82, 2.24) is 0 Å². The molecule has 0 saturated heterocycles. The fourth-order valence-electron chi connectivity index (χ4n) is 2.26. The standard InChI is InChI=1S/C15H26OS/c1-2-3-4-5-6-7-8-13-15(16)17-14-11-9-10-12-14/h8,13-14H,2-7,9-12H2,1H3. The van der Waals surface area contributed by atoms with Crippen LogP contribution in [-0.4, -0.2) is 10.4 Å². The lowest BCUT2D eigenvalue weighted by Crippen LogP contribution is -1.98. The zero-order valence-corrected chi connectivity index (χ0v) is 11.9. The Morgan fingerprint density at radius 3 is 2.59 bits per heavy atom. The summed E-state index contributed by atoms with van der Waals surface area (Å²) in [5.74, 6) is 0. The molecule has 2 heteroatoms. The number of hydrogen-bond donors (Lipinski definition) is 0. The molecule has 0 radical (unpaired) electrons. The predicted octanol–water partition coefficient (Wildman–Crippen LogP) is 5.11. The van der Waals surface area contributed by atoms with Crippen LogP contribution in [0.25, 0.3) is 0 Å². The molecule has 1 fully saturated rings. The summed E-state index contributed by atoms with van der Waals surface area (Å²) in [5.41, 5.74) is 0. The molecule has 98 valence electrons. The number of allylic oxidation sites excluding steroid dienone is 1. The van der Waals surface area contributed by atoms with Crippen molar-refractivity contribution in [2.24, 2.45) is 0 Å². The van der Waals surface area contributed by atoms with Gasteiger partial charge in [-0.1, -0.05) is 63.3 Å². The first kappa shape index (κ1) is 14.8. The first-order chi connectivity index (χ1) is 8.33. The van der Waals surface area contributed by atoms with Crippen molar-refractivity contribution in [2.45, 2.75) is 76.4 Å². The van der Waals surface area contributed by atoms with Gasteiger partial charge in [0, 0.05) is 5.25 Å².